The van der Waals surface area contributed by atoms with E-state index in [9.17, 15) is 0 Å². The summed E-state index contributed by atoms with van der Waals surface area (Å²) in [5, 5.41) is 3.04. The maximum absolute atomic E-state index is 5.71. The molecule has 1 N–H and O–H groups in total. The van der Waals surface area contributed by atoms with Crippen LogP contribution >= 0.6 is 11.7 Å². The minimum absolute atomic E-state index is 0.439. The molecule has 1 aliphatic carbocycles. The van der Waals surface area contributed by atoms with Gasteiger partial charge in [-0.05, 0) is 37.1 Å². The molecule has 0 radical (unpaired) electrons. The van der Waals surface area contributed by atoms with Gasteiger partial charge in [-0.1, -0.05) is 0 Å². The van der Waals surface area contributed by atoms with Crippen LogP contribution in [0.15, 0.2) is 24.3 Å². The fourth-order valence-corrected chi connectivity index (χ4v) is 2.19. The summed E-state index contributed by atoms with van der Waals surface area (Å²) in [6.45, 7) is 0. The molecule has 0 bridgehead atoms. The molecule has 2 aromatic rings. The Balaban J connectivity index is 1.83. The first kappa shape index (κ1) is 10.5. The fourth-order valence-electron chi connectivity index (χ4n) is 1.61. The lowest BCUT2D eigenvalue weighted by atomic mass is 10.1. The summed E-state index contributed by atoms with van der Waals surface area (Å²) in [6.07, 6.45) is 2.80. The lowest BCUT2D eigenvalue weighted by Crippen LogP contribution is -1.95. The summed E-state index contributed by atoms with van der Waals surface area (Å²) in [5.41, 5.74) is 1.96. The van der Waals surface area contributed by atoms with E-state index < -0.39 is 0 Å². The van der Waals surface area contributed by atoms with E-state index in [2.05, 4.69) is 14.1 Å². The molecule has 88 valence electrons. The van der Waals surface area contributed by atoms with Crippen molar-refractivity contribution in [3.8, 4) is 17.0 Å². The summed E-state index contributed by atoms with van der Waals surface area (Å²) < 4.78 is 14.2. The fraction of sp³-hybridized carbons (Fsp3) is 0.333. The molecule has 3 rings (SSSR count). The third-order valence-corrected chi connectivity index (χ3v) is 3.21. The zero-order valence-corrected chi connectivity index (χ0v) is 10.3. The van der Waals surface area contributed by atoms with Crippen LogP contribution in [0.3, 0.4) is 0 Å². The van der Waals surface area contributed by atoms with Crippen LogP contribution in [0.1, 0.15) is 12.8 Å². The molecule has 1 aromatic heterocycles. The Morgan fingerprint density at radius 3 is 2.65 bits per heavy atom. The zero-order valence-electron chi connectivity index (χ0n) is 9.51. The van der Waals surface area contributed by atoms with E-state index in [1.54, 1.807) is 0 Å². The van der Waals surface area contributed by atoms with Gasteiger partial charge in [0.05, 0.1) is 17.8 Å². The van der Waals surface area contributed by atoms with Crippen LogP contribution in [0.25, 0.3) is 11.3 Å². The van der Waals surface area contributed by atoms with Crippen LogP contribution in [0, 0.1) is 0 Å². The highest BCUT2D eigenvalue weighted by atomic mass is 32.1. The lowest BCUT2D eigenvalue weighted by molar-refractivity contribution is 0.303. The third kappa shape index (κ3) is 2.24. The van der Waals surface area contributed by atoms with Crippen molar-refractivity contribution in [3.63, 3.8) is 0 Å². The summed E-state index contributed by atoms with van der Waals surface area (Å²) >= 11 is 1.22. The molecule has 1 heterocycles. The Labute approximate surface area is 104 Å². The summed E-state index contributed by atoms with van der Waals surface area (Å²) in [4.78, 5) is 0. The average molecular weight is 247 g/mol. The molecule has 0 saturated heterocycles. The predicted molar refractivity (Wildman–Crippen MR) is 68.5 cm³/mol. The van der Waals surface area contributed by atoms with Crippen LogP contribution in [0.5, 0.6) is 5.75 Å². The summed E-state index contributed by atoms with van der Waals surface area (Å²) in [6, 6.07) is 8.03. The monoisotopic (exact) mass is 247 g/mol. The van der Waals surface area contributed by atoms with Crippen molar-refractivity contribution in [2.45, 2.75) is 18.9 Å². The van der Waals surface area contributed by atoms with E-state index in [0.29, 0.717) is 6.10 Å². The molecular formula is C12H13N3OS. The first-order chi connectivity index (χ1) is 8.36. The smallest absolute Gasteiger partial charge is 0.167 e. The maximum Gasteiger partial charge on any atom is 0.167 e. The molecular weight excluding hydrogens is 234 g/mol. The van der Waals surface area contributed by atoms with Crippen molar-refractivity contribution in [1.82, 2.24) is 8.75 Å². The number of rotatable bonds is 4. The van der Waals surface area contributed by atoms with Gasteiger partial charge in [-0.3, -0.25) is 0 Å². The first-order valence-electron chi connectivity index (χ1n) is 5.64. The van der Waals surface area contributed by atoms with Gasteiger partial charge in [0.1, 0.15) is 11.4 Å². The third-order valence-electron chi connectivity index (χ3n) is 2.68. The quantitative estimate of drug-likeness (QED) is 0.902. The van der Waals surface area contributed by atoms with E-state index in [-0.39, 0.29) is 0 Å². The van der Waals surface area contributed by atoms with Gasteiger partial charge in [0.25, 0.3) is 0 Å². The largest absolute Gasteiger partial charge is 0.490 e. The van der Waals surface area contributed by atoms with Gasteiger partial charge in [0, 0.05) is 12.6 Å². The SMILES string of the molecule is CNc1nsnc1-c1ccc(OC2CC2)cc1. The molecule has 0 amide bonds. The van der Waals surface area contributed by atoms with Crippen molar-refractivity contribution in [2.24, 2.45) is 0 Å². The number of ether oxygens (including phenoxy) is 1. The Morgan fingerprint density at radius 2 is 2.00 bits per heavy atom. The van der Waals surface area contributed by atoms with Crippen LogP contribution in [-0.2, 0) is 0 Å². The van der Waals surface area contributed by atoms with E-state index >= 15 is 0 Å². The highest BCUT2D eigenvalue weighted by Gasteiger charge is 2.23. The zero-order chi connectivity index (χ0) is 11.7. The second-order valence-corrected chi connectivity index (χ2v) is 4.58. The Hall–Kier alpha value is -1.62. The standard InChI is InChI=1S/C12H13N3OS/c1-13-12-11(14-17-15-12)8-2-4-9(5-3-8)16-10-6-7-10/h2-5,10H,6-7H2,1H3,(H,13,15). The van der Waals surface area contributed by atoms with E-state index in [1.807, 2.05) is 31.3 Å². The van der Waals surface area contributed by atoms with Crippen LogP contribution < -0.4 is 10.1 Å². The van der Waals surface area contributed by atoms with Crippen molar-refractivity contribution in [2.75, 3.05) is 12.4 Å². The number of anilines is 1. The van der Waals surface area contributed by atoms with E-state index in [1.165, 1.54) is 24.6 Å². The van der Waals surface area contributed by atoms with Gasteiger partial charge in [-0.25, -0.2) is 0 Å². The minimum Gasteiger partial charge on any atom is -0.490 e. The maximum atomic E-state index is 5.71. The number of nitrogens with one attached hydrogen (secondary N) is 1. The number of hydrogen-bond donors (Lipinski definition) is 1. The molecule has 5 heteroatoms. The topological polar surface area (TPSA) is 47.0 Å². The van der Waals surface area contributed by atoms with Gasteiger partial charge in [-0.2, -0.15) is 8.75 Å². The van der Waals surface area contributed by atoms with Gasteiger partial charge >= 0.3 is 0 Å². The highest BCUT2D eigenvalue weighted by Crippen LogP contribution is 2.30. The van der Waals surface area contributed by atoms with Crippen LogP contribution in [0.2, 0.25) is 0 Å². The minimum atomic E-state index is 0.439. The first-order valence-corrected chi connectivity index (χ1v) is 6.37. The molecule has 1 fully saturated rings. The number of nitrogens with zero attached hydrogens (tertiary/aromatic N) is 2. The number of benzene rings is 1. The predicted octanol–water partition coefficient (Wildman–Crippen LogP) is 2.79. The molecule has 1 aliphatic rings. The van der Waals surface area contributed by atoms with Crippen molar-refractivity contribution in [1.29, 1.82) is 0 Å². The molecule has 1 saturated carbocycles. The second-order valence-electron chi connectivity index (χ2n) is 4.05. The van der Waals surface area contributed by atoms with E-state index in [0.717, 1.165) is 22.8 Å². The van der Waals surface area contributed by atoms with Crippen molar-refractivity contribution in [3.05, 3.63) is 24.3 Å². The molecule has 0 atom stereocenters. The normalized spacial score (nSPS) is 14.6. The summed E-state index contributed by atoms with van der Waals surface area (Å²) in [7, 11) is 1.85. The summed E-state index contributed by atoms with van der Waals surface area (Å²) in [5.74, 6) is 1.76. The Morgan fingerprint density at radius 1 is 1.24 bits per heavy atom. The van der Waals surface area contributed by atoms with Crippen LogP contribution in [-0.4, -0.2) is 21.9 Å². The molecule has 0 aliphatic heterocycles. The Kier molecular flexibility index (Phi) is 2.68. The van der Waals surface area contributed by atoms with Crippen molar-refractivity contribution >= 4 is 17.5 Å². The number of aromatic nitrogens is 2. The molecule has 4 nitrogen and oxygen atoms in total. The average Bonchev–Trinajstić information content (AvgIpc) is 3.05. The van der Waals surface area contributed by atoms with Gasteiger partial charge in [-0.15, -0.1) is 0 Å². The van der Waals surface area contributed by atoms with Gasteiger partial charge < -0.3 is 10.1 Å². The second kappa shape index (κ2) is 4.33. The molecule has 0 spiro atoms. The molecule has 0 unspecified atom stereocenters. The van der Waals surface area contributed by atoms with Crippen LogP contribution in [0.4, 0.5) is 5.82 Å². The Bertz CT molecular complexity index is 505. The van der Waals surface area contributed by atoms with Gasteiger partial charge in [0.2, 0.25) is 0 Å². The van der Waals surface area contributed by atoms with Crippen molar-refractivity contribution < 1.29 is 4.74 Å². The highest BCUT2D eigenvalue weighted by molar-refractivity contribution is 6.99. The number of hydrogen-bond acceptors (Lipinski definition) is 5. The molecule has 1 aromatic carbocycles. The molecule has 17 heavy (non-hydrogen) atoms. The van der Waals surface area contributed by atoms with Gasteiger partial charge in [0.15, 0.2) is 5.82 Å². The lowest BCUT2D eigenvalue weighted by Gasteiger charge is -2.05. The van der Waals surface area contributed by atoms with E-state index in [4.69, 9.17) is 4.74 Å².